The molecule has 5 heteroatoms. The van der Waals surface area contributed by atoms with Gasteiger partial charge in [-0.2, -0.15) is 0 Å². The molecule has 26 heavy (non-hydrogen) atoms. The number of carbonyl (C=O) groups is 2. The highest BCUT2D eigenvalue weighted by Gasteiger charge is 2.31. The van der Waals surface area contributed by atoms with Crippen molar-refractivity contribution in [2.75, 3.05) is 13.6 Å². The van der Waals surface area contributed by atoms with Crippen molar-refractivity contribution in [1.82, 2.24) is 4.90 Å². The van der Waals surface area contributed by atoms with E-state index in [4.69, 9.17) is 4.42 Å². The number of carbonyl (C=O) groups excluding carboxylic acids is 2. The normalized spacial score (nSPS) is 11.8. The van der Waals surface area contributed by atoms with Crippen molar-refractivity contribution in [3.63, 3.8) is 0 Å². The highest BCUT2D eigenvalue weighted by Crippen LogP contribution is 2.32. The molecule has 0 aliphatic carbocycles. The van der Waals surface area contributed by atoms with Gasteiger partial charge in [-0.15, -0.1) is 0 Å². The molecule has 0 atom stereocenters. The Kier molecular flexibility index (Phi) is 6.24. The number of amides is 1. The first-order valence-corrected chi connectivity index (χ1v) is 9.13. The summed E-state index contributed by atoms with van der Waals surface area (Å²) in [7, 11) is 1.78. The van der Waals surface area contributed by atoms with Gasteiger partial charge >= 0.3 is 0 Å². The second kappa shape index (κ2) is 8.04. The SMILES string of the molecule is CCCCN(C)C(=O)Cc1c(C(=O)C(C)(C)C)oc2ccc(CO)cc12. The number of furan rings is 1. The summed E-state index contributed by atoms with van der Waals surface area (Å²) in [4.78, 5) is 27.2. The molecule has 5 nitrogen and oxygen atoms in total. The van der Waals surface area contributed by atoms with E-state index in [2.05, 4.69) is 6.92 Å². The number of rotatable bonds is 7. The van der Waals surface area contributed by atoms with Crippen molar-refractivity contribution >= 4 is 22.7 Å². The van der Waals surface area contributed by atoms with E-state index in [1.807, 2.05) is 20.8 Å². The van der Waals surface area contributed by atoms with Crippen LogP contribution in [0.2, 0.25) is 0 Å². The lowest BCUT2D eigenvalue weighted by atomic mass is 9.87. The van der Waals surface area contributed by atoms with E-state index in [9.17, 15) is 14.7 Å². The van der Waals surface area contributed by atoms with Gasteiger partial charge in [0.2, 0.25) is 11.7 Å². The molecule has 0 saturated heterocycles. The van der Waals surface area contributed by atoms with Crippen LogP contribution in [0.5, 0.6) is 0 Å². The molecule has 1 aromatic heterocycles. The van der Waals surface area contributed by atoms with E-state index in [1.165, 1.54) is 0 Å². The van der Waals surface area contributed by atoms with Gasteiger partial charge in [0.25, 0.3) is 0 Å². The van der Waals surface area contributed by atoms with Gasteiger partial charge in [-0.3, -0.25) is 9.59 Å². The van der Waals surface area contributed by atoms with Crippen LogP contribution in [-0.4, -0.2) is 35.3 Å². The third-order valence-corrected chi connectivity index (χ3v) is 4.53. The number of fused-ring (bicyclic) bond motifs is 1. The molecule has 1 amide bonds. The van der Waals surface area contributed by atoms with Crippen LogP contribution in [0.25, 0.3) is 11.0 Å². The lowest BCUT2D eigenvalue weighted by Crippen LogP contribution is -2.30. The van der Waals surface area contributed by atoms with E-state index in [0.717, 1.165) is 23.8 Å². The number of ketones is 1. The molecular formula is C21H29NO4. The minimum atomic E-state index is -0.612. The van der Waals surface area contributed by atoms with E-state index in [0.29, 0.717) is 17.7 Å². The molecule has 1 aromatic carbocycles. The third-order valence-electron chi connectivity index (χ3n) is 4.53. The molecule has 0 spiro atoms. The molecule has 0 aliphatic heterocycles. The zero-order valence-corrected chi connectivity index (χ0v) is 16.4. The van der Waals surface area contributed by atoms with Crippen LogP contribution in [-0.2, 0) is 17.8 Å². The molecule has 0 unspecified atom stereocenters. The topological polar surface area (TPSA) is 70.8 Å². The molecule has 0 aliphatic rings. The monoisotopic (exact) mass is 359 g/mol. The zero-order valence-electron chi connectivity index (χ0n) is 16.4. The predicted octanol–water partition coefficient (Wildman–Crippen LogP) is 3.95. The highest BCUT2D eigenvalue weighted by molar-refractivity contribution is 6.04. The first-order chi connectivity index (χ1) is 12.2. The Labute approximate surface area is 155 Å². The average molecular weight is 359 g/mol. The molecule has 1 heterocycles. The Morgan fingerprint density at radius 2 is 1.92 bits per heavy atom. The van der Waals surface area contributed by atoms with Crippen LogP contribution < -0.4 is 0 Å². The maximum Gasteiger partial charge on any atom is 0.226 e. The number of nitrogens with zero attached hydrogens (tertiary/aromatic N) is 1. The van der Waals surface area contributed by atoms with Crippen LogP contribution >= 0.6 is 0 Å². The Hall–Kier alpha value is -2.14. The van der Waals surface area contributed by atoms with Crippen molar-refractivity contribution < 1.29 is 19.1 Å². The van der Waals surface area contributed by atoms with E-state index in [1.54, 1.807) is 30.1 Å². The number of aliphatic hydroxyl groups is 1. The molecule has 1 N–H and O–H groups in total. The van der Waals surface area contributed by atoms with Crippen molar-refractivity contribution in [1.29, 1.82) is 0 Å². The van der Waals surface area contributed by atoms with Gasteiger partial charge in [-0.25, -0.2) is 0 Å². The van der Waals surface area contributed by atoms with Crippen molar-refractivity contribution in [3.8, 4) is 0 Å². The second-order valence-electron chi connectivity index (χ2n) is 7.82. The summed E-state index contributed by atoms with van der Waals surface area (Å²) in [5.74, 6) is 0.0802. The molecule has 2 rings (SSSR count). The number of likely N-dealkylation sites (N-methyl/N-ethyl adjacent to an activating group) is 1. The predicted molar refractivity (Wildman–Crippen MR) is 102 cm³/mol. The van der Waals surface area contributed by atoms with Crippen molar-refractivity contribution in [2.45, 2.75) is 53.6 Å². The van der Waals surface area contributed by atoms with E-state index < -0.39 is 5.41 Å². The van der Waals surface area contributed by atoms with Gasteiger partial charge in [0.15, 0.2) is 5.76 Å². The highest BCUT2D eigenvalue weighted by atomic mass is 16.3. The Morgan fingerprint density at radius 3 is 2.50 bits per heavy atom. The summed E-state index contributed by atoms with van der Waals surface area (Å²) >= 11 is 0. The van der Waals surface area contributed by atoms with E-state index in [-0.39, 0.29) is 30.5 Å². The summed E-state index contributed by atoms with van der Waals surface area (Å²) in [6.07, 6.45) is 2.07. The Balaban J connectivity index is 2.49. The van der Waals surface area contributed by atoms with Crippen LogP contribution in [0.1, 0.15) is 62.2 Å². The number of unbranched alkanes of at least 4 members (excludes halogenated alkanes) is 1. The summed E-state index contributed by atoms with van der Waals surface area (Å²) in [6, 6.07) is 5.30. The molecule has 0 saturated carbocycles. The van der Waals surface area contributed by atoms with Gasteiger partial charge in [0.1, 0.15) is 5.58 Å². The number of benzene rings is 1. The fourth-order valence-electron chi connectivity index (χ4n) is 2.80. The average Bonchev–Trinajstić information content (AvgIpc) is 2.95. The number of Topliss-reactive ketones (excluding diaryl/α,β-unsaturated/α-hetero) is 1. The third kappa shape index (κ3) is 4.33. The number of hydrogen-bond donors (Lipinski definition) is 1. The van der Waals surface area contributed by atoms with Crippen molar-refractivity contribution in [3.05, 3.63) is 35.1 Å². The standard InChI is InChI=1S/C21H29NO4/c1-6-7-10-22(5)18(24)12-16-15-11-14(13-23)8-9-17(15)26-19(16)20(25)21(2,3)4/h8-9,11,23H,6-7,10,12-13H2,1-5H3. The zero-order chi connectivity index (χ0) is 19.5. The maximum absolute atomic E-state index is 12.9. The number of hydrogen-bond acceptors (Lipinski definition) is 4. The smallest absolute Gasteiger partial charge is 0.226 e. The van der Waals surface area contributed by atoms with Crippen LogP contribution in [0.15, 0.2) is 22.6 Å². The van der Waals surface area contributed by atoms with Gasteiger partial charge in [0.05, 0.1) is 13.0 Å². The number of aliphatic hydroxyl groups excluding tert-OH is 1. The largest absolute Gasteiger partial charge is 0.453 e. The molecule has 0 bridgehead atoms. The summed E-state index contributed by atoms with van der Waals surface area (Å²) < 4.78 is 5.85. The van der Waals surface area contributed by atoms with Gasteiger partial charge in [0, 0.05) is 30.0 Å². The summed E-state index contributed by atoms with van der Waals surface area (Å²) in [6.45, 7) is 8.17. The minimum absolute atomic E-state index is 0.0430. The fraction of sp³-hybridized carbons (Fsp3) is 0.524. The van der Waals surface area contributed by atoms with Crippen LogP contribution in [0, 0.1) is 5.41 Å². The van der Waals surface area contributed by atoms with Crippen LogP contribution in [0.3, 0.4) is 0 Å². The molecule has 0 radical (unpaired) electrons. The lowest BCUT2D eigenvalue weighted by molar-refractivity contribution is -0.129. The van der Waals surface area contributed by atoms with Gasteiger partial charge in [-0.05, 0) is 24.1 Å². The fourth-order valence-corrected chi connectivity index (χ4v) is 2.80. The van der Waals surface area contributed by atoms with Gasteiger partial charge in [-0.1, -0.05) is 40.2 Å². The quantitative estimate of drug-likeness (QED) is 0.760. The molecule has 2 aromatic rings. The summed E-state index contributed by atoms with van der Waals surface area (Å²) in [5, 5.41) is 10.2. The molecular weight excluding hydrogens is 330 g/mol. The maximum atomic E-state index is 12.9. The van der Waals surface area contributed by atoms with E-state index >= 15 is 0 Å². The minimum Gasteiger partial charge on any atom is -0.453 e. The molecule has 0 fully saturated rings. The Bertz CT molecular complexity index is 798. The van der Waals surface area contributed by atoms with Gasteiger partial charge < -0.3 is 14.4 Å². The second-order valence-corrected chi connectivity index (χ2v) is 7.82. The lowest BCUT2D eigenvalue weighted by Gasteiger charge is -2.18. The first kappa shape index (κ1) is 20.2. The summed E-state index contributed by atoms with van der Waals surface area (Å²) in [5.41, 5.74) is 1.29. The first-order valence-electron chi connectivity index (χ1n) is 9.13. The van der Waals surface area contributed by atoms with Crippen molar-refractivity contribution in [2.24, 2.45) is 5.41 Å². The Morgan fingerprint density at radius 1 is 1.23 bits per heavy atom. The van der Waals surface area contributed by atoms with Crippen LogP contribution in [0.4, 0.5) is 0 Å². The molecule has 142 valence electrons.